The quantitative estimate of drug-likeness (QED) is 0.503. The molecule has 39 heavy (non-hydrogen) atoms. The minimum atomic E-state index is -0.886. The van der Waals surface area contributed by atoms with Crippen molar-refractivity contribution in [1.29, 1.82) is 0 Å². The van der Waals surface area contributed by atoms with Crippen LogP contribution in [0.5, 0.6) is 5.88 Å². The van der Waals surface area contributed by atoms with Gasteiger partial charge in [0.1, 0.15) is 12.1 Å². The summed E-state index contributed by atoms with van der Waals surface area (Å²) in [6.45, 7) is 8.77. The summed E-state index contributed by atoms with van der Waals surface area (Å²) in [6, 6.07) is 18.5. The van der Waals surface area contributed by atoms with E-state index in [0.29, 0.717) is 37.6 Å². The van der Waals surface area contributed by atoms with E-state index in [-0.39, 0.29) is 5.91 Å². The van der Waals surface area contributed by atoms with E-state index in [2.05, 4.69) is 10.4 Å². The van der Waals surface area contributed by atoms with Crippen molar-refractivity contribution in [1.82, 2.24) is 24.9 Å². The fraction of sp³-hybridized carbons (Fsp3) is 0.379. The zero-order chi connectivity index (χ0) is 28.2. The van der Waals surface area contributed by atoms with Gasteiger partial charge in [-0.05, 0) is 30.0 Å². The lowest BCUT2D eigenvalue weighted by molar-refractivity contribution is -0.141. The second kappa shape index (κ2) is 11.7. The minimum Gasteiger partial charge on any atom is -0.391 e. The average molecular weight is 533 g/mol. The third kappa shape index (κ3) is 6.64. The molecule has 1 aliphatic rings. The Balaban J connectivity index is 1.37. The van der Waals surface area contributed by atoms with Gasteiger partial charge >= 0.3 is 6.09 Å². The molecule has 2 heterocycles. The summed E-state index contributed by atoms with van der Waals surface area (Å²) in [4.78, 5) is 42.7. The van der Waals surface area contributed by atoms with Gasteiger partial charge in [0.2, 0.25) is 17.7 Å². The number of aromatic nitrogens is 2. The second-order valence-corrected chi connectivity index (χ2v) is 10.7. The topological polar surface area (TPSA) is 123 Å². The molecule has 2 aromatic carbocycles. The number of nitrogens with one attached hydrogen (secondary N) is 1. The first-order valence-electron chi connectivity index (χ1n) is 13.0. The molecule has 10 nitrogen and oxygen atoms in total. The highest BCUT2D eigenvalue weighted by Crippen LogP contribution is 2.24. The van der Waals surface area contributed by atoms with Gasteiger partial charge < -0.3 is 25.6 Å². The zero-order valence-corrected chi connectivity index (χ0v) is 22.8. The predicted octanol–water partition coefficient (Wildman–Crippen LogP) is 3.05. The van der Waals surface area contributed by atoms with Crippen molar-refractivity contribution >= 4 is 17.9 Å². The molecule has 206 valence electrons. The maximum atomic E-state index is 13.5. The molecule has 1 saturated heterocycles. The number of rotatable bonds is 6. The smallest absolute Gasteiger partial charge is 0.391 e. The van der Waals surface area contributed by atoms with Gasteiger partial charge in [-0.3, -0.25) is 9.59 Å². The predicted molar refractivity (Wildman–Crippen MR) is 147 cm³/mol. The molecule has 2 atom stereocenters. The maximum absolute atomic E-state index is 13.5. The molecule has 0 aliphatic carbocycles. The first-order valence-corrected chi connectivity index (χ1v) is 13.0. The first-order chi connectivity index (χ1) is 18.5. The van der Waals surface area contributed by atoms with Crippen LogP contribution in [0.3, 0.4) is 0 Å². The van der Waals surface area contributed by atoms with Crippen molar-refractivity contribution < 1.29 is 19.1 Å². The summed E-state index contributed by atoms with van der Waals surface area (Å²) in [7, 11) is 0. The molecule has 4 rings (SSSR count). The highest BCUT2D eigenvalue weighted by molar-refractivity contribution is 5.91. The van der Waals surface area contributed by atoms with Crippen LogP contribution in [0.1, 0.15) is 38.1 Å². The number of amides is 3. The summed E-state index contributed by atoms with van der Waals surface area (Å²) in [5, 5.41) is 7.31. The van der Waals surface area contributed by atoms with Crippen molar-refractivity contribution in [2.75, 3.05) is 26.2 Å². The van der Waals surface area contributed by atoms with Crippen LogP contribution in [-0.4, -0.2) is 69.7 Å². The number of nitrogens with zero attached hydrogens (tertiary/aromatic N) is 4. The number of piperazine rings is 1. The van der Waals surface area contributed by atoms with Crippen molar-refractivity contribution in [3.63, 3.8) is 0 Å². The fourth-order valence-electron chi connectivity index (χ4n) is 4.44. The molecule has 0 bridgehead atoms. The Morgan fingerprint density at radius 1 is 0.923 bits per heavy atom. The molecule has 3 N–H and O–H groups in total. The van der Waals surface area contributed by atoms with Gasteiger partial charge in [0.15, 0.2) is 0 Å². The van der Waals surface area contributed by atoms with E-state index in [1.54, 1.807) is 32.7 Å². The molecule has 1 fully saturated rings. The normalized spacial score (nSPS) is 15.4. The van der Waals surface area contributed by atoms with E-state index in [1.807, 2.05) is 76.2 Å². The summed E-state index contributed by atoms with van der Waals surface area (Å²) in [5.74, 6) is -0.295. The summed E-state index contributed by atoms with van der Waals surface area (Å²) < 4.78 is 7.28. The van der Waals surface area contributed by atoms with E-state index in [1.165, 1.54) is 0 Å². The van der Waals surface area contributed by atoms with Gasteiger partial charge in [0.05, 0.1) is 11.4 Å². The molecule has 0 radical (unpaired) electrons. The average Bonchev–Trinajstić information content (AvgIpc) is 3.30. The number of para-hydroxylation sites is 1. The largest absolute Gasteiger partial charge is 0.416 e. The van der Waals surface area contributed by atoms with Crippen LogP contribution in [0, 0.1) is 12.3 Å². The summed E-state index contributed by atoms with van der Waals surface area (Å²) >= 11 is 0. The lowest BCUT2D eigenvalue weighted by Crippen LogP contribution is -2.60. The first kappa shape index (κ1) is 27.8. The maximum Gasteiger partial charge on any atom is 0.416 e. The summed E-state index contributed by atoms with van der Waals surface area (Å²) in [5.41, 5.74) is 7.80. The highest BCUT2D eigenvalue weighted by Gasteiger charge is 2.38. The van der Waals surface area contributed by atoms with E-state index >= 15 is 0 Å². The Bertz CT molecular complexity index is 1290. The van der Waals surface area contributed by atoms with Crippen molar-refractivity contribution in [2.24, 2.45) is 11.1 Å². The van der Waals surface area contributed by atoms with Crippen LogP contribution < -0.4 is 15.8 Å². The Hall–Kier alpha value is -4.18. The zero-order valence-electron chi connectivity index (χ0n) is 22.8. The van der Waals surface area contributed by atoms with E-state index < -0.39 is 29.5 Å². The third-order valence-electron chi connectivity index (χ3n) is 6.68. The van der Waals surface area contributed by atoms with E-state index in [9.17, 15) is 14.4 Å². The third-order valence-corrected chi connectivity index (χ3v) is 6.68. The number of ether oxygens (including phenoxy) is 1. The van der Waals surface area contributed by atoms with E-state index in [0.717, 1.165) is 11.4 Å². The molecule has 1 aromatic heterocycles. The molecule has 1 aliphatic heterocycles. The van der Waals surface area contributed by atoms with Crippen LogP contribution in [0.15, 0.2) is 66.7 Å². The lowest BCUT2D eigenvalue weighted by Gasteiger charge is -2.39. The Morgan fingerprint density at radius 2 is 1.49 bits per heavy atom. The van der Waals surface area contributed by atoms with Crippen LogP contribution in [0.25, 0.3) is 5.69 Å². The summed E-state index contributed by atoms with van der Waals surface area (Å²) in [6.07, 6.45) is -0.506. The van der Waals surface area contributed by atoms with Crippen LogP contribution in [-0.2, 0) is 9.59 Å². The second-order valence-electron chi connectivity index (χ2n) is 10.7. The molecule has 0 unspecified atom stereocenters. The lowest BCUT2D eigenvalue weighted by atomic mass is 9.85. The monoisotopic (exact) mass is 532 g/mol. The number of hydrogen-bond acceptors (Lipinski definition) is 6. The van der Waals surface area contributed by atoms with Gasteiger partial charge in [-0.1, -0.05) is 69.3 Å². The minimum absolute atomic E-state index is 0.207. The number of benzene rings is 2. The van der Waals surface area contributed by atoms with E-state index in [4.69, 9.17) is 10.5 Å². The Labute approximate surface area is 228 Å². The highest BCUT2D eigenvalue weighted by atomic mass is 16.6. The van der Waals surface area contributed by atoms with Crippen molar-refractivity contribution in [2.45, 2.75) is 39.8 Å². The van der Waals surface area contributed by atoms with Crippen LogP contribution in [0.4, 0.5) is 4.79 Å². The number of carbonyl (C=O) groups is 3. The van der Waals surface area contributed by atoms with Gasteiger partial charge in [-0.2, -0.15) is 5.10 Å². The van der Waals surface area contributed by atoms with Crippen LogP contribution >= 0.6 is 0 Å². The van der Waals surface area contributed by atoms with Crippen molar-refractivity contribution in [3.8, 4) is 11.6 Å². The fourth-order valence-corrected chi connectivity index (χ4v) is 4.44. The molecule has 3 amide bonds. The number of nitrogens with two attached hydrogens (primary N) is 1. The molecule has 0 saturated carbocycles. The van der Waals surface area contributed by atoms with Crippen LogP contribution in [0.2, 0.25) is 0 Å². The number of carbonyl (C=O) groups excluding carboxylic acids is 3. The molecular formula is C29H36N6O4. The standard InChI is InChI=1S/C29H36N6O4/c1-20-19-23(35(32-20)22-13-9-6-10-14-22)39-28(38)34-17-15-33(16-18-34)27(37)25(29(2,3)4)31-26(36)24(30)21-11-7-5-8-12-21/h5-14,19,24-25H,15-18,30H2,1-4H3,(H,31,36)/t24-,25+/m0/s1. The number of aryl methyl sites for hydroxylation is 1. The van der Waals surface area contributed by atoms with Gasteiger partial charge in [-0.25, -0.2) is 9.48 Å². The molecule has 3 aromatic rings. The van der Waals surface area contributed by atoms with Gasteiger partial charge in [0.25, 0.3) is 0 Å². The van der Waals surface area contributed by atoms with Gasteiger partial charge in [-0.15, -0.1) is 0 Å². The molecular weight excluding hydrogens is 496 g/mol. The van der Waals surface area contributed by atoms with Crippen molar-refractivity contribution in [3.05, 3.63) is 78.0 Å². The Kier molecular flexibility index (Phi) is 8.35. The molecule has 10 heteroatoms. The number of hydrogen-bond donors (Lipinski definition) is 2. The van der Waals surface area contributed by atoms with Gasteiger partial charge in [0, 0.05) is 32.2 Å². The molecule has 0 spiro atoms. The SMILES string of the molecule is Cc1cc(OC(=O)N2CCN(C(=O)[C@@H](NC(=O)[C@@H](N)c3ccccc3)C(C)(C)C)CC2)n(-c2ccccc2)n1. The Morgan fingerprint density at radius 3 is 2.08 bits per heavy atom.